The molecule has 0 saturated carbocycles. The van der Waals surface area contributed by atoms with Crippen LogP contribution < -0.4 is 71.2 Å². The van der Waals surface area contributed by atoms with Crippen molar-refractivity contribution in [2.45, 2.75) is 179 Å². The molecule has 32 heteroatoms. The Morgan fingerprint density at radius 1 is 0.611 bits per heavy atom. The highest BCUT2D eigenvalue weighted by molar-refractivity contribution is 7.98. The largest absolute Gasteiger partial charge is 0.508 e. The van der Waals surface area contributed by atoms with Crippen molar-refractivity contribution in [1.82, 2.24) is 52.4 Å². The molecule has 22 N–H and O–H groups in total. The van der Waals surface area contributed by atoms with Crippen LogP contribution in [0.3, 0.4) is 0 Å². The Hall–Kier alpha value is -9.20. The monoisotopic (exact) mass is 1350 g/mol. The van der Waals surface area contributed by atoms with Crippen molar-refractivity contribution in [3.05, 3.63) is 65.9 Å². The van der Waals surface area contributed by atoms with Gasteiger partial charge in [0.25, 0.3) is 0 Å². The van der Waals surface area contributed by atoms with E-state index in [-0.39, 0.29) is 101 Å². The van der Waals surface area contributed by atoms with E-state index in [1.54, 1.807) is 58.3 Å². The second kappa shape index (κ2) is 38.9. The zero-order chi connectivity index (χ0) is 70.6. The van der Waals surface area contributed by atoms with E-state index in [0.29, 0.717) is 23.3 Å². The van der Waals surface area contributed by atoms with E-state index < -0.39 is 150 Å². The SMILES string of the molecule is CSCCC(NC(=O)C(CCCN=C(N)N)NC(=O)C(NC(=O)C(Cc1c[nH]c2ccccc12)NC(=O)C(CC(C)C)NC(=O)C1CCCN1C(=O)C(CCCN=C(N)N)NC(=O)C(NC(=O)C(N)Cc1ccc(O)cc1)C(C)C)C(C)C)C(=O)NC(CCC(=O)O)C(=O)O. The average Bonchev–Trinajstić information content (AvgIpc) is 1.93. The molecule has 2 aromatic carbocycles. The number of rotatable bonds is 40. The number of carboxylic acids is 2. The number of likely N-dealkylation sites (tertiary alicyclic amines) is 1. The van der Waals surface area contributed by atoms with E-state index in [2.05, 4.69) is 57.5 Å². The van der Waals surface area contributed by atoms with Crippen LogP contribution in [0.15, 0.2) is 64.7 Å². The number of hydrogen-bond donors (Lipinski definition) is 17. The third-order valence-electron chi connectivity index (χ3n) is 15.8. The number of nitrogens with one attached hydrogen (secondary N) is 9. The second-order valence-corrected chi connectivity index (χ2v) is 25.6. The third-order valence-corrected chi connectivity index (χ3v) is 16.4. The maximum Gasteiger partial charge on any atom is 0.326 e. The molecule has 1 saturated heterocycles. The Morgan fingerprint density at radius 3 is 1.68 bits per heavy atom. The van der Waals surface area contributed by atoms with Gasteiger partial charge in [-0.25, -0.2) is 4.79 Å². The van der Waals surface area contributed by atoms with Gasteiger partial charge in [0.2, 0.25) is 53.2 Å². The molecule has 9 amide bonds. The molecule has 31 nitrogen and oxygen atoms in total. The van der Waals surface area contributed by atoms with Gasteiger partial charge in [0.05, 0.1) is 6.04 Å². The predicted octanol–water partition coefficient (Wildman–Crippen LogP) is -0.977. The highest BCUT2D eigenvalue weighted by Gasteiger charge is 2.41. The topological polar surface area (TPSA) is 519 Å². The number of aliphatic carboxylic acids is 2. The molecule has 95 heavy (non-hydrogen) atoms. The number of carbonyl (C=O) groups is 11. The van der Waals surface area contributed by atoms with Crippen LogP contribution in [-0.4, -0.2) is 194 Å². The van der Waals surface area contributed by atoms with Gasteiger partial charge in [0.15, 0.2) is 11.9 Å². The number of aliphatic imine (C=N–C) groups is 2. The fourth-order valence-electron chi connectivity index (χ4n) is 10.7. The number of guanidine groups is 2. The molecule has 1 aliphatic rings. The van der Waals surface area contributed by atoms with Gasteiger partial charge < -0.3 is 96.4 Å². The minimum atomic E-state index is -1.60. The summed E-state index contributed by atoms with van der Waals surface area (Å²) in [6, 6.07) is 0.312. The van der Waals surface area contributed by atoms with Crippen LogP contribution in [0.5, 0.6) is 5.75 Å². The van der Waals surface area contributed by atoms with Gasteiger partial charge in [-0.3, -0.25) is 57.9 Å². The molecule has 0 radical (unpaired) electrons. The molecule has 1 aromatic heterocycles. The van der Waals surface area contributed by atoms with Crippen LogP contribution in [-0.2, 0) is 65.6 Å². The first-order valence-electron chi connectivity index (χ1n) is 31.8. The number of amides is 9. The van der Waals surface area contributed by atoms with E-state index in [9.17, 15) is 68.1 Å². The number of carbonyl (C=O) groups excluding carboxylic acids is 9. The number of aromatic amines is 1. The number of H-pyrrole nitrogens is 1. The number of aromatic hydroxyl groups is 1. The fourth-order valence-corrected chi connectivity index (χ4v) is 11.1. The fraction of sp³-hybridized carbons (Fsp3) is 0.571. The average molecular weight is 1350 g/mol. The summed E-state index contributed by atoms with van der Waals surface area (Å²) in [5, 5.41) is 50.9. The lowest BCUT2D eigenvalue weighted by atomic mass is 9.98. The zero-order valence-electron chi connectivity index (χ0n) is 55.0. The predicted molar refractivity (Wildman–Crippen MR) is 358 cm³/mol. The van der Waals surface area contributed by atoms with E-state index in [1.165, 1.54) is 28.8 Å². The first-order valence-corrected chi connectivity index (χ1v) is 33.2. The minimum Gasteiger partial charge on any atom is -0.508 e. The van der Waals surface area contributed by atoms with Gasteiger partial charge in [-0.1, -0.05) is 71.9 Å². The number of benzene rings is 2. The lowest BCUT2D eigenvalue weighted by molar-refractivity contribution is -0.143. The van der Waals surface area contributed by atoms with Crippen molar-refractivity contribution in [3.63, 3.8) is 0 Å². The lowest BCUT2D eigenvalue weighted by Crippen LogP contribution is -2.61. The second-order valence-electron chi connectivity index (χ2n) is 24.6. The van der Waals surface area contributed by atoms with Crippen molar-refractivity contribution in [1.29, 1.82) is 0 Å². The number of nitrogens with zero attached hydrogens (tertiary/aromatic N) is 3. The van der Waals surface area contributed by atoms with E-state index in [4.69, 9.17) is 28.7 Å². The van der Waals surface area contributed by atoms with Crippen molar-refractivity contribution in [3.8, 4) is 5.75 Å². The first kappa shape index (κ1) is 78.2. The summed E-state index contributed by atoms with van der Waals surface area (Å²) in [5.41, 5.74) is 30.5. The molecule has 2 heterocycles. The summed E-state index contributed by atoms with van der Waals surface area (Å²) >= 11 is 1.33. The van der Waals surface area contributed by atoms with Gasteiger partial charge in [-0.05, 0) is 123 Å². The van der Waals surface area contributed by atoms with Gasteiger partial charge in [-0.2, -0.15) is 11.8 Å². The molecule has 10 atom stereocenters. The number of thioether (sulfide) groups is 1. The summed E-state index contributed by atoms with van der Waals surface area (Å²) in [7, 11) is 0. The van der Waals surface area contributed by atoms with Crippen LogP contribution in [0.2, 0.25) is 0 Å². The molecular formula is C63H97N17O14S. The molecule has 3 aromatic rings. The smallest absolute Gasteiger partial charge is 0.326 e. The third kappa shape index (κ3) is 25.9. The van der Waals surface area contributed by atoms with Gasteiger partial charge >= 0.3 is 11.9 Å². The highest BCUT2D eigenvalue weighted by Crippen LogP contribution is 2.23. The molecule has 524 valence electrons. The molecular weight excluding hydrogens is 1250 g/mol. The number of para-hydroxylation sites is 1. The highest BCUT2D eigenvalue weighted by atomic mass is 32.2. The van der Waals surface area contributed by atoms with Crippen LogP contribution in [0.1, 0.15) is 117 Å². The normalized spacial score (nSPS) is 15.7. The maximum atomic E-state index is 14.9. The lowest BCUT2D eigenvalue weighted by Gasteiger charge is -2.32. The Morgan fingerprint density at radius 2 is 1.13 bits per heavy atom. The van der Waals surface area contributed by atoms with Gasteiger partial charge in [0.1, 0.15) is 60.1 Å². The minimum absolute atomic E-state index is 0.00465. The van der Waals surface area contributed by atoms with Crippen LogP contribution >= 0.6 is 11.8 Å². The summed E-state index contributed by atoms with van der Waals surface area (Å²) in [5.74, 6) is -11.1. The number of phenols is 1. The Balaban J connectivity index is 1.62. The summed E-state index contributed by atoms with van der Waals surface area (Å²) < 4.78 is 0. The Bertz CT molecular complexity index is 3170. The molecule has 4 rings (SSSR count). The molecule has 0 aliphatic carbocycles. The van der Waals surface area contributed by atoms with Gasteiger partial charge in [-0.15, -0.1) is 0 Å². The van der Waals surface area contributed by atoms with Crippen LogP contribution in [0, 0.1) is 17.8 Å². The molecule has 0 spiro atoms. The molecule has 10 unspecified atom stereocenters. The van der Waals surface area contributed by atoms with Crippen molar-refractivity contribution in [2.24, 2.45) is 56.4 Å². The van der Waals surface area contributed by atoms with Crippen molar-refractivity contribution < 1.29 is 68.1 Å². The number of aromatic nitrogens is 1. The van der Waals surface area contributed by atoms with E-state index in [1.807, 2.05) is 32.0 Å². The first-order chi connectivity index (χ1) is 44.9. The summed E-state index contributed by atoms with van der Waals surface area (Å²) in [6.07, 6.45) is 3.20. The summed E-state index contributed by atoms with van der Waals surface area (Å²) in [6.45, 7) is 10.5. The van der Waals surface area contributed by atoms with E-state index in [0.717, 1.165) is 10.9 Å². The Kier molecular flexibility index (Phi) is 32.0. The number of carboxylic acid groups (broad SMARTS) is 2. The van der Waals surface area contributed by atoms with E-state index >= 15 is 0 Å². The van der Waals surface area contributed by atoms with Gasteiger partial charge in [0, 0.05) is 49.6 Å². The number of hydrogen-bond acceptors (Lipinski definition) is 16. The number of phenolic OH excluding ortho intramolecular Hbond substituents is 1. The van der Waals surface area contributed by atoms with Crippen LogP contribution in [0.25, 0.3) is 10.9 Å². The Labute approximate surface area is 556 Å². The zero-order valence-corrected chi connectivity index (χ0v) is 55.8. The standard InChI is InChI=1S/C63H97N17O14S/c1-33(2)29-46(77-57(89)48-17-12-27-80(48)60(92)44(16-11-26-70-63(67)68)74-59(91)50(34(3)4)78-52(84)40(64)30-36-18-20-38(81)21-19-36)55(87)76-47(31-37-32-71-41-14-9-8-13-39(37)41)56(88)79-51(35(5)6)58(90)73-42(15-10-25-69-62(65)66)53(85)72-43(24-28-95-7)54(86)75-45(61(93)94)22-23-49(82)83/h8-9,13-14,18-21,32-35,40,42-48,50-51,71,81H,10-12,15-17,22-31,64H2,1-7H3,(H,72,85)(H,73,90)(H,74,91)(H,75,86)(H,76,87)(H,77,89)(H,78,84)(H,79,88)(H,82,83)(H,93,94)(H4,65,66,69)(H4,67,68,70). The van der Waals surface area contributed by atoms with Crippen LogP contribution in [0.4, 0.5) is 0 Å². The summed E-state index contributed by atoms with van der Waals surface area (Å²) in [4.78, 5) is 165. The number of fused-ring (bicyclic) bond motifs is 1. The quantitative estimate of drug-likeness (QED) is 0.0185. The van der Waals surface area contributed by atoms with Crippen molar-refractivity contribution >= 4 is 99.7 Å². The molecule has 0 bridgehead atoms. The van der Waals surface area contributed by atoms with Crippen molar-refractivity contribution in [2.75, 3.05) is 31.6 Å². The molecule has 1 aliphatic heterocycles. The molecule has 1 fully saturated rings. The number of nitrogens with two attached hydrogens (primary N) is 5. The maximum absolute atomic E-state index is 14.9.